The Morgan fingerprint density at radius 3 is 2.85 bits per heavy atom. The van der Waals surface area contributed by atoms with E-state index in [1.807, 2.05) is 11.8 Å². The maximum atomic E-state index is 12.9. The first-order valence-electron chi connectivity index (χ1n) is 9.21. The van der Waals surface area contributed by atoms with Crippen molar-refractivity contribution in [2.45, 2.75) is 31.8 Å². The Kier molecular flexibility index (Phi) is 4.67. The van der Waals surface area contributed by atoms with Gasteiger partial charge in [-0.1, -0.05) is 18.5 Å². The van der Waals surface area contributed by atoms with Crippen LogP contribution in [-0.2, 0) is 4.74 Å². The molecule has 4 rings (SSSR count). The van der Waals surface area contributed by atoms with Crippen LogP contribution in [0.2, 0.25) is 5.02 Å². The number of pyridine rings is 1. The van der Waals surface area contributed by atoms with Crippen LogP contribution in [-0.4, -0.2) is 57.2 Å². The van der Waals surface area contributed by atoms with Crippen molar-refractivity contribution < 1.29 is 14.6 Å². The summed E-state index contributed by atoms with van der Waals surface area (Å²) in [6.07, 6.45) is 5.84. The Bertz CT molecular complexity index is 817. The lowest BCUT2D eigenvalue weighted by Gasteiger charge is -2.48. The first-order valence-corrected chi connectivity index (χ1v) is 9.59. The lowest BCUT2D eigenvalue weighted by atomic mass is 9.70. The molecule has 2 unspecified atom stereocenters. The zero-order chi connectivity index (χ0) is 18.3. The van der Waals surface area contributed by atoms with Crippen LogP contribution >= 0.6 is 11.6 Å². The van der Waals surface area contributed by atoms with Gasteiger partial charge in [0.05, 0.1) is 10.6 Å². The minimum absolute atomic E-state index is 0.0229. The largest absolute Gasteiger partial charge is 0.389 e. The van der Waals surface area contributed by atoms with Crippen LogP contribution in [0.25, 0.3) is 5.65 Å². The van der Waals surface area contributed by atoms with Crippen LogP contribution < -0.4 is 0 Å². The standard InChI is InChI=1S/C19H24ClN3O3/c1-13-10-22(7-6-19(13,25)14-4-8-26-9-5-14)18(24)16-12-23-11-15(20)2-3-17(23)21-16/h2-3,11-14,25H,4-10H2,1H3. The van der Waals surface area contributed by atoms with Crippen molar-refractivity contribution in [2.24, 2.45) is 11.8 Å². The van der Waals surface area contributed by atoms with E-state index in [-0.39, 0.29) is 17.7 Å². The quantitative estimate of drug-likeness (QED) is 0.873. The van der Waals surface area contributed by atoms with Crippen molar-refractivity contribution in [3.05, 3.63) is 35.2 Å². The average Bonchev–Trinajstić information content (AvgIpc) is 3.07. The number of aromatic nitrogens is 2. The van der Waals surface area contributed by atoms with E-state index in [4.69, 9.17) is 16.3 Å². The van der Waals surface area contributed by atoms with Gasteiger partial charge in [-0.3, -0.25) is 4.79 Å². The number of rotatable bonds is 2. The lowest BCUT2D eigenvalue weighted by Crippen LogP contribution is -2.56. The molecule has 2 atom stereocenters. The lowest BCUT2D eigenvalue weighted by molar-refractivity contribution is -0.125. The van der Waals surface area contributed by atoms with Gasteiger partial charge in [0, 0.05) is 44.6 Å². The molecule has 6 nitrogen and oxygen atoms in total. The van der Waals surface area contributed by atoms with E-state index in [1.165, 1.54) is 0 Å². The van der Waals surface area contributed by atoms with Gasteiger partial charge in [-0.05, 0) is 37.3 Å². The highest BCUT2D eigenvalue weighted by Crippen LogP contribution is 2.39. The Balaban J connectivity index is 1.49. The van der Waals surface area contributed by atoms with Crippen molar-refractivity contribution in [3.8, 4) is 0 Å². The van der Waals surface area contributed by atoms with Crippen LogP contribution in [0, 0.1) is 11.8 Å². The first kappa shape index (κ1) is 17.8. The SMILES string of the molecule is CC1CN(C(=O)c2cn3cc(Cl)ccc3n2)CCC1(O)C1CCOCC1. The second-order valence-corrected chi connectivity index (χ2v) is 7.96. The molecule has 140 valence electrons. The number of carbonyl (C=O) groups is 1. The number of piperidine rings is 1. The van der Waals surface area contributed by atoms with Crippen molar-refractivity contribution in [1.82, 2.24) is 14.3 Å². The summed E-state index contributed by atoms with van der Waals surface area (Å²) in [5.74, 6) is 0.182. The molecule has 7 heteroatoms. The van der Waals surface area contributed by atoms with E-state index in [0.29, 0.717) is 49.1 Å². The predicted octanol–water partition coefficient (Wildman–Crippen LogP) is 2.63. The highest BCUT2D eigenvalue weighted by atomic mass is 35.5. The molecule has 0 saturated carbocycles. The van der Waals surface area contributed by atoms with Crippen LogP contribution in [0.15, 0.2) is 24.5 Å². The third-order valence-electron chi connectivity index (χ3n) is 5.98. The minimum atomic E-state index is -0.715. The maximum Gasteiger partial charge on any atom is 0.274 e. The van der Waals surface area contributed by atoms with Gasteiger partial charge < -0.3 is 19.1 Å². The van der Waals surface area contributed by atoms with E-state index in [9.17, 15) is 9.90 Å². The summed E-state index contributed by atoms with van der Waals surface area (Å²) in [7, 11) is 0. The zero-order valence-corrected chi connectivity index (χ0v) is 15.7. The number of halogens is 1. The van der Waals surface area contributed by atoms with E-state index >= 15 is 0 Å². The highest BCUT2D eigenvalue weighted by molar-refractivity contribution is 6.30. The zero-order valence-electron chi connectivity index (χ0n) is 14.9. The number of likely N-dealkylation sites (tertiary alicyclic amines) is 1. The smallest absolute Gasteiger partial charge is 0.274 e. The molecule has 2 aliphatic heterocycles. The van der Waals surface area contributed by atoms with Gasteiger partial charge in [-0.2, -0.15) is 0 Å². The Morgan fingerprint density at radius 2 is 2.12 bits per heavy atom. The molecule has 2 aromatic rings. The fourth-order valence-electron chi connectivity index (χ4n) is 4.36. The van der Waals surface area contributed by atoms with Crippen molar-refractivity contribution >= 4 is 23.2 Å². The summed E-state index contributed by atoms with van der Waals surface area (Å²) in [4.78, 5) is 19.1. The summed E-state index contributed by atoms with van der Waals surface area (Å²) in [6, 6.07) is 3.55. The molecule has 1 N–H and O–H groups in total. The van der Waals surface area contributed by atoms with Crippen molar-refractivity contribution in [2.75, 3.05) is 26.3 Å². The molecule has 2 saturated heterocycles. The summed E-state index contributed by atoms with van der Waals surface area (Å²) in [5.41, 5.74) is 0.394. The normalized spacial score (nSPS) is 27.8. The molecule has 2 fully saturated rings. The molecule has 4 heterocycles. The van der Waals surface area contributed by atoms with Gasteiger partial charge in [0.15, 0.2) is 0 Å². The summed E-state index contributed by atoms with van der Waals surface area (Å²) in [5, 5.41) is 11.9. The molecule has 0 aromatic carbocycles. The topological polar surface area (TPSA) is 67.1 Å². The van der Waals surface area contributed by atoms with E-state index in [0.717, 1.165) is 12.8 Å². The van der Waals surface area contributed by atoms with Crippen LogP contribution in [0.1, 0.15) is 36.7 Å². The number of amides is 1. The summed E-state index contributed by atoms with van der Waals surface area (Å²) in [6.45, 7) is 4.56. The molecular formula is C19H24ClN3O3. The van der Waals surface area contributed by atoms with Gasteiger partial charge >= 0.3 is 0 Å². The molecule has 2 aromatic heterocycles. The van der Waals surface area contributed by atoms with Gasteiger partial charge in [-0.15, -0.1) is 0 Å². The van der Waals surface area contributed by atoms with Gasteiger partial charge in [-0.25, -0.2) is 4.98 Å². The van der Waals surface area contributed by atoms with Crippen molar-refractivity contribution in [1.29, 1.82) is 0 Å². The number of hydrogen-bond donors (Lipinski definition) is 1. The second kappa shape index (κ2) is 6.83. The molecule has 2 aliphatic rings. The number of ether oxygens (including phenoxy) is 1. The molecule has 0 aliphatic carbocycles. The fraction of sp³-hybridized carbons (Fsp3) is 0.579. The number of nitrogens with zero attached hydrogens (tertiary/aromatic N) is 3. The fourth-order valence-corrected chi connectivity index (χ4v) is 4.53. The number of hydrogen-bond acceptors (Lipinski definition) is 4. The Labute approximate surface area is 157 Å². The van der Waals surface area contributed by atoms with Crippen LogP contribution in [0.4, 0.5) is 0 Å². The van der Waals surface area contributed by atoms with Gasteiger partial charge in [0.1, 0.15) is 11.3 Å². The number of carbonyl (C=O) groups excluding carboxylic acids is 1. The maximum absolute atomic E-state index is 12.9. The average molecular weight is 378 g/mol. The number of imidazole rings is 1. The molecule has 1 amide bonds. The van der Waals surface area contributed by atoms with Crippen LogP contribution in [0.5, 0.6) is 0 Å². The Morgan fingerprint density at radius 1 is 1.35 bits per heavy atom. The summed E-state index contributed by atoms with van der Waals surface area (Å²) < 4.78 is 7.19. The monoisotopic (exact) mass is 377 g/mol. The number of aliphatic hydroxyl groups is 1. The van der Waals surface area contributed by atoms with Crippen LogP contribution in [0.3, 0.4) is 0 Å². The predicted molar refractivity (Wildman–Crippen MR) is 98.4 cm³/mol. The number of fused-ring (bicyclic) bond motifs is 1. The highest BCUT2D eigenvalue weighted by Gasteiger charge is 2.46. The van der Waals surface area contributed by atoms with Crippen molar-refractivity contribution in [3.63, 3.8) is 0 Å². The minimum Gasteiger partial charge on any atom is -0.389 e. The van der Waals surface area contributed by atoms with Gasteiger partial charge in [0.2, 0.25) is 0 Å². The third kappa shape index (κ3) is 3.10. The Hall–Kier alpha value is -1.63. The molecule has 0 spiro atoms. The third-order valence-corrected chi connectivity index (χ3v) is 6.20. The van der Waals surface area contributed by atoms with Gasteiger partial charge in [0.25, 0.3) is 5.91 Å². The molecule has 0 bridgehead atoms. The molecular weight excluding hydrogens is 354 g/mol. The molecule has 0 radical (unpaired) electrons. The van der Waals surface area contributed by atoms with E-state index < -0.39 is 5.60 Å². The van der Waals surface area contributed by atoms with E-state index in [1.54, 1.807) is 28.9 Å². The van der Waals surface area contributed by atoms with E-state index in [2.05, 4.69) is 4.98 Å². The summed E-state index contributed by atoms with van der Waals surface area (Å²) >= 11 is 6.00. The first-order chi connectivity index (χ1) is 12.5. The second-order valence-electron chi connectivity index (χ2n) is 7.52. The molecule has 26 heavy (non-hydrogen) atoms.